The van der Waals surface area contributed by atoms with Crippen molar-refractivity contribution in [3.8, 4) is 0 Å². The molecule has 1 heterocycles. The standard InChI is InChI=1S/C31H30Cl2F3N3O2/c1-20(2)17-39(30(41)22-6-5-7-24(15-22)31(34,35)36)19-29(40)38(18-21-10-11-26(32)27(33)14-21)13-12-23-16-37-28-9-4-3-8-25(23)28/h3-11,14-16,20,37H,12-13,17-19H2,1-2H3. The zero-order valence-electron chi connectivity index (χ0n) is 22.6. The lowest BCUT2D eigenvalue weighted by Crippen LogP contribution is -2.44. The topological polar surface area (TPSA) is 56.4 Å². The van der Waals surface area contributed by atoms with Crippen LogP contribution in [-0.2, 0) is 23.9 Å². The fourth-order valence-corrected chi connectivity index (χ4v) is 5.00. The molecule has 0 atom stereocenters. The van der Waals surface area contributed by atoms with Gasteiger partial charge >= 0.3 is 6.18 Å². The Morgan fingerprint density at radius 1 is 0.927 bits per heavy atom. The number of nitrogens with one attached hydrogen (secondary N) is 1. The number of benzene rings is 3. The van der Waals surface area contributed by atoms with Gasteiger partial charge in [-0.3, -0.25) is 9.59 Å². The van der Waals surface area contributed by atoms with Crippen LogP contribution in [0.15, 0.2) is 72.9 Å². The molecule has 4 aromatic rings. The number of aromatic nitrogens is 1. The summed E-state index contributed by atoms with van der Waals surface area (Å²) in [5.74, 6) is -0.992. The number of carbonyl (C=O) groups excluding carboxylic acids is 2. The van der Waals surface area contributed by atoms with E-state index >= 15 is 0 Å². The number of nitrogens with zero attached hydrogens (tertiary/aromatic N) is 2. The number of carbonyl (C=O) groups is 2. The van der Waals surface area contributed by atoms with E-state index in [0.29, 0.717) is 23.0 Å². The molecule has 0 aliphatic carbocycles. The summed E-state index contributed by atoms with van der Waals surface area (Å²) in [6.07, 6.45) is -2.13. The Bertz CT molecular complexity index is 1530. The number of para-hydroxylation sites is 1. The lowest BCUT2D eigenvalue weighted by molar-refractivity contribution is -0.137. The van der Waals surface area contributed by atoms with E-state index in [9.17, 15) is 22.8 Å². The monoisotopic (exact) mass is 603 g/mol. The number of H-pyrrole nitrogens is 1. The molecule has 4 rings (SSSR count). The van der Waals surface area contributed by atoms with Crippen molar-refractivity contribution >= 4 is 45.9 Å². The number of fused-ring (bicyclic) bond motifs is 1. The minimum atomic E-state index is -4.59. The highest BCUT2D eigenvalue weighted by molar-refractivity contribution is 6.42. The van der Waals surface area contributed by atoms with Crippen molar-refractivity contribution in [2.75, 3.05) is 19.6 Å². The molecule has 0 radical (unpaired) electrons. The molecule has 0 unspecified atom stereocenters. The van der Waals surface area contributed by atoms with Gasteiger partial charge in [0.1, 0.15) is 6.54 Å². The predicted molar refractivity (Wildman–Crippen MR) is 156 cm³/mol. The molecule has 0 fully saturated rings. The maximum atomic E-state index is 13.8. The summed E-state index contributed by atoms with van der Waals surface area (Å²) in [6, 6.07) is 17.3. The number of aromatic amines is 1. The zero-order chi connectivity index (χ0) is 29.7. The molecule has 0 saturated heterocycles. The Hall–Kier alpha value is -3.49. The van der Waals surface area contributed by atoms with Crippen LogP contribution in [0.25, 0.3) is 10.9 Å². The fourth-order valence-electron chi connectivity index (χ4n) is 4.68. The Morgan fingerprint density at radius 3 is 2.39 bits per heavy atom. The first-order chi connectivity index (χ1) is 19.4. The minimum Gasteiger partial charge on any atom is -0.361 e. The predicted octanol–water partition coefficient (Wildman–Crippen LogP) is 7.86. The molecule has 10 heteroatoms. The summed E-state index contributed by atoms with van der Waals surface area (Å²) in [7, 11) is 0. The van der Waals surface area contributed by atoms with Crippen molar-refractivity contribution in [1.29, 1.82) is 0 Å². The van der Waals surface area contributed by atoms with Crippen molar-refractivity contribution in [2.24, 2.45) is 5.92 Å². The van der Waals surface area contributed by atoms with E-state index in [1.807, 2.05) is 44.3 Å². The molecule has 1 N–H and O–H groups in total. The number of rotatable bonds is 10. The fraction of sp³-hybridized carbons (Fsp3) is 0.290. The van der Waals surface area contributed by atoms with Crippen LogP contribution in [-0.4, -0.2) is 46.2 Å². The molecule has 41 heavy (non-hydrogen) atoms. The largest absolute Gasteiger partial charge is 0.416 e. The molecule has 0 bridgehead atoms. The summed E-state index contributed by atoms with van der Waals surface area (Å²) in [5, 5.41) is 1.80. The first kappa shape index (κ1) is 30.5. The molecule has 0 spiro atoms. The van der Waals surface area contributed by atoms with Gasteiger partial charge in [0, 0.05) is 42.3 Å². The Labute approximate surface area is 246 Å². The van der Waals surface area contributed by atoms with Crippen LogP contribution in [0.2, 0.25) is 10.0 Å². The summed E-state index contributed by atoms with van der Waals surface area (Å²) in [5.41, 5.74) is 1.74. The molecule has 0 aliphatic rings. The highest BCUT2D eigenvalue weighted by Gasteiger charge is 2.32. The van der Waals surface area contributed by atoms with E-state index < -0.39 is 17.6 Å². The van der Waals surface area contributed by atoms with Gasteiger partial charge in [-0.25, -0.2) is 0 Å². The van der Waals surface area contributed by atoms with Crippen LogP contribution in [0.5, 0.6) is 0 Å². The van der Waals surface area contributed by atoms with Crippen LogP contribution in [0.4, 0.5) is 13.2 Å². The summed E-state index contributed by atoms with van der Waals surface area (Å²) in [6.45, 7) is 4.22. The van der Waals surface area contributed by atoms with Crippen LogP contribution in [0, 0.1) is 5.92 Å². The Balaban J connectivity index is 1.59. The smallest absolute Gasteiger partial charge is 0.361 e. The van der Waals surface area contributed by atoms with Gasteiger partial charge in [-0.15, -0.1) is 0 Å². The molecule has 2 amide bonds. The van der Waals surface area contributed by atoms with Crippen LogP contribution in [0.3, 0.4) is 0 Å². The van der Waals surface area contributed by atoms with Crippen LogP contribution >= 0.6 is 23.2 Å². The van der Waals surface area contributed by atoms with E-state index in [1.165, 1.54) is 17.0 Å². The molecular weight excluding hydrogens is 574 g/mol. The van der Waals surface area contributed by atoms with Crippen LogP contribution < -0.4 is 0 Å². The van der Waals surface area contributed by atoms with Gasteiger partial charge in [0.2, 0.25) is 5.91 Å². The van der Waals surface area contributed by atoms with E-state index in [0.717, 1.165) is 34.2 Å². The van der Waals surface area contributed by atoms with Crippen molar-refractivity contribution in [3.63, 3.8) is 0 Å². The van der Waals surface area contributed by atoms with Crippen molar-refractivity contribution in [3.05, 3.63) is 105 Å². The molecule has 0 aliphatic heterocycles. The van der Waals surface area contributed by atoms with Gasteiger partial charge in [0.05, 0.1) is 15.6 Å². The van der Waals surface area contributed by atoms with Gasteiger partial charge in [0.25, 0.3) is 5.91 Å². The van der Waals surface area contributed by atoms with Gasteiger partial charge < -0.3 is 14.8 Å². The van der Waals surface area contributed by atoms with Gasteiger partial charge in [0.15, 0.2) is 0 Å². The van der Waals surface area contributed by atoms with Gasteiger partial charge in [-0.05, 0) is 59.9 Å². The third-order valence-electron chi connectivity index (χ3n) is 6.67. The van der Waals surface area contributed by atoms with Crippen molar-refractivity contribution in [2.45, 2.75) is 33.0 Å². The average Bonchev–Trinajstić information content (AvgIpc) is 3.34. The number of alkyl halides is 3. The van der Waals surface area contributed by atoms with Crippen LogP contribution in [0.1, 0.15) is 40.9 Å². The van der Waals surface area contributed by atoms with E-state index in [4.69, 9.17) is 23.2 Å². The van der Waals surface area contributed by atoms with E-state index in [-0.39, 0.29) is 37.0 Å². The molecule has 0 saturated carbocycles. The Morgan fingerprint density at radius 2 is 1.68 bits per heavy atom. The third kappa shape index (κ3) is 7.83. The molecular formula is C31H30Cl2F3N3O2. The second kappa shape index (κ2) is 13.0. The Kier molecular flexibility index (Phi) is 9.66. The number of amides is 2. The quantitative estimate of drug-likeness (QED) is 0.200. The summed E-state index contributed by atoms with van der Waals surface area (Å²) < 4.78 is 39.9. The average molecular weight is 605 g/mol. The molecule has 216 valence electrons. The normalized spacial score (nSPS) is 11.7. The lowest BCUT2D eigenvalue weighted by atomic mass is 10.1. The number of hydrogen-bond donors (Lipinski definition) is 1. The summed E-state index contributed by atoms with van der Waals surface area (Å²) >= 11 is 12.3. The lowest BCUT2D eigenvalue weighted by Gasteiger charge is -2.29. The van der Waals surface area contributed by atoms with Crippen molar-refractivity contribution in [1.82, 2.24) is 14.8 Å². The van der Waals surface area contributed by atoms with Gasteiger partial charge in [-0.1, -0.05) is 67.4 Å². The first-order valence-corrected chi connectivity index (χ1v) is 13.9. The molecule has 1 aromatic heterocycles. The molecule has 5 nitrogen and oxygen atoms in total. The SMILES string of the molecule is CC(C)CN(CC(=O)N(CCc1c[nH]c2ccccc12)Cc1ccc(Cl)c(Cl)c1)C(=O)c1cccc(C(F)(F)F)c1. The van der Waals surface area contributed by atoms with E-state index in [2.05, 4.69) is 4.98 Å². The van der Waals surface area contributed by atoms with Gasteiger partial charge in [-0.2, -0.15) is 13.2 Å². The zero-order valence-corrected chi connectivity index (χ0v) is 24.2. The minimum absolute atomic E-state index is 0.0210. The third-order valence-corrected chi connectivity index (χ3v) is 7.41. The maximum absolute atomic E-state index is 13.8. The second-order valence-electron chi connectivity index (χ2n) is 10.3. The maximum Gasteiger partial charge on any atom is 0.416 e. The summed E-state index contributed by atoms with van der Waals surface area (Å²) in [4.78, 5) is 33.3. The second-order valence-corrected chi connectivity index (χ2v) is 11.1. The highest BCUT2D eigenvalue weighted by Crippen LogP contribution is 2.30. The highest BCUT2D eigenvalue weighted by atomic mass is 35.5. The van der Waals surface area contributed by atoms with E-state index in [1.54, 1.807) is 23.1 Å². The van der Waals surface area contributed by atoms with Crippen molar-refractivity contribution < 1.29 is 22.8 Å². The first-order valence-electron chi connectivity index (χ1n) is 13.2. The number of hydrogen-bond acceptors (Lipinski definition) is 2. The molecule has 3 aromatic carbocycles. The number of halogens is 5.